The number of rotatable bonds is 7. The van der Waals surface area contributed by atoms with Crippen LogP contribution in [0.1, 0.15) is 15.9 Å². The zero-order chi connectivity index (χ0) is 28.2. The summed E-state index contributed by atoms with van der Waals surface area (Å²) in [5.74, 6) is 1.10. The first-order valence-corrected chi connectivity index (χ1v) is 14.6. The number of benzene rings is 3. The van der Waals surface area contributed by atoms with Crippen LogP contribution in [0.5, 0.6) is 0 Å². The maximum atomic E-state index is 14.2. The van der Waals surface area contributed by atoms with Gasteiger partial charge in [0, 0.05) is 60.5 Å². The van der Waals surface area contributed by atoms with Crippen LogP contribution in [0.4, 0.5) is 10.1 Å². The first-order chi connectivity index (χ1) is 20.1. The van der Waals surface area contributed by atoms with E-state index in [0.29, 0.717) is 54.0 Å². The Kier molecular flexibility index (Phi) is 7.98. The number of nitrogens with zero attached hydrogens (tertiary/aromatic N) is 6. The Balaban J connectivity index is 1.13. The van der Waals surface area contributed by atoms with E-state index in [-0.39, 0.29) is 11.7 Å². The largest absolute Gasteiger partial charge is 0.366 e. The Morgan fingerprint density at radius 2 is 1.63 bits per heavy atom. The number of para-hydroxylation sites is 1. The van der Waals surface area contributed by atoms with Crippen LogP contribution in [-0.2, 0) is 5.75 Å². The number of piperazine rings is 1. The normalized spacial score (nSPS) is 13.4. The summed E-state index contributed by atoms with van der Waals surface area (Å²) in [4.78, 5) is 21.1. The van der Waals surface area contributed by atoms with Crippen molar-refractivity contribution in [1.82, 2.24) is 24.6 Å². The van der Waals surface area contributed by atoms with Gasteiger partial charge in [-0.25, -0.2) is 4.39 Å². The van der Waals surface area contributed by atoms with Crippen LogP contribution < -0.4 is 4.90 Å². The molecule has 1 aliphatic rings. The molecule has 2 aromatic heterocycles. The Hall–Kier alpha value is -4.21. The van der Waals surface area contributed by atoms with Crippen molar-refractivity contribution in [1.29, 1.82) is 0 Å². The number of carbonyl (C=O) groups is 1. The van der Waals surface area contributed by atoms with Gasteiger partial charge in [0.2, 0.25) is 0 Å². The van der Waals surface area contributed by atoms with Gasteiger partial charge < -0.3 is 9.80 Å². The Morgan fingerprint density at radius 3 is 2.37 bits per heavy atom. The third-order valence-corrected chi connectivity index (χ3v) is 8.20. The standard InChI is InChI=1S/C31H26ClFN6OS/c32-25-4-3-5-26(20-25)39-29(23-12-14-34-15-13-23)35-36-31(39)41-21-22-8-10-24(11-9-22)30(40)38-18-16-37(17-19-38)28-7-2-1-6-27(28)33/h1-15,20H,16-19,21H2. The van der Waals surface area contributed by atoms with E-state index in [2.05, 4.69) is 15.2 Å². The first-order valence-electron chi connectivity index (χ1n) is 13.2. The predicted octanol–water partition coefficient (Wildman–Crippen LogP) is 6.38. The molecule has 7 nitrogen and oxygen atoms in total. The van der Waals surface area contributed by atoms with Crippen LogP contribution in [0, 0.1) is 5.82 Å². The molecule has 0 aliphatic carbocycles. The molecule has 0 N–H and O–H groups in total. The highest BCUT2D eigenvalue weighted by molar-refractivity contribution is 7.98. The second-order valence-electron chi connectivity index (χ2n) is 9.57. The minimum Gasteiger partial charge on any atom is -0.366 e. The second-order valence-corrected chi connectivity index (χ2v) is 11.0. The van der Waals surface area contributed by atoms with Gasteiger partial charge in [-0.15, -0.1) is 10.2 Å². The minimum absolute atomic E-state index is 0.0138. The number of halogens is 2. The van der Waals surface area contributed by atoms with Gasteiger partial charge in [-0.1, -0.05) is 53.7 Å². The first kappa shape index (κ1) is 27.0. The number of pyridine rings is 1. The van der Waals surface area contributed by atoms with Crippen LogP contribution in [0.15, 0.2) is 102 Å². The molecule has 1 amide bonds. The van der Waals surface area contributed by atoms with E-state index in [1.165, 1.54) is 6.07 Å². The van der Waals surface area contributed by atoms with E-state index < -0.39 is 0 Å². The Labute approximate surface area is 246 Å². The topological polar surface area (TPSA) is 67.2 Å². The lowest BCUT2D eigenvalue weighted by molar-refractivity contribution is 0.0746. The molecule has 10 heteroatoms. The predicted molar refractivity (Wildman–Crippen MR) is 160 cm³/mol. The molecule has 0 spiro atoms. The van der Waals surface area contributed by atoms with Crippen molar-refractivity contribution in [3.8, 4) is 17.1 Å². The lowest BCUT2D eigenvalue weighted by Gasteiger charge is -2.36. The Bertz CT molecular complexity index is 1660. The fraction of sp³-hybridized carbons (Fsp3) is 0.161. The van der Waals surface area contributed by atoms with Gasteiger partial charge in [0.15, 0.2) is 11.0 Å². The van der Waals surface area contributed by atoms with Crippen LogP contribution >= 0.6 is 23.4 Å². The summed E-state index contributed by atoms with van der Waals surface area (Å²) in [5, 5.41) is 10.3. The molecule has 1 saturated heterocycles. The van der Waals surface area contributed by atoms with Crippen molar-refractivity contribution in [3.05, 3.63) is 119 Å². The van der Waals surface area contributed by atoms with Crippen LogP contribution in [0.25, 0.3) is 17.1 Å². The SMILES string of the molecule is O=C(c1ccc(CSc2nnc(-c3ccncc3)n2-c2cccc(Cl)c2)cc1)N1CCN(c2ccccc2F)CC1. The number of carbonyl (C=O) groups excluding carboxylic acids is 1. The minimum atomic E-state index is -0.236. The zero-order valence-corrected chi connectivity index (χ0v) is 23.6. The molecular weight excluding hydrogens is 559 g/mol. The molecule has 5 aromatic rings. The zero-order valence-electron chi connectivity index (χ0n) is 22.0. The highest BCUT2D eigenvalue weighted by Crippen LogP contribution is 2.30. The number of anilines is 1. The molecule has 0 radical (unpaired) electrons. The van der Waals surface area contributed by atoms with Gasteiger partial charge in [0.1, 0.15) is 5.82 Å². The van der Waals surface area contributed by atoms with Crippen LogP contribution in [-0.4, -0.2) is 56.7 Å². The monoisotopic (exact) mass is 584 g/mol. The summed E-state index contributed by atoms with van der Waals surface area (Å²) < 4.78 is 16.2. The van der Waals surface area contributed by atoms with Gasteiger partial charge in [0.05, 0.1) is 11.4 Å². The smallest absolute Gasteiger partial charge is 0.253 e. The van der Waals surface area contributed by atoms with Gasteiger partial charge >= 0.3 is 0 Å². The molecule has 0 unspecified atom stereocenters. The van der Waals surface area contributed by atoms with Gasteiger partial charge in [-0.05, 0) is 60.2 Å². The fourth-order valence-corrected chi connectivity index (χ4v) is 5.92. The van der Waals surface area contributed by atoms with E-state index in [0.717, 1.165) is 22.0 Å². The van der Waals surface area contributed by atoms with E-state index in [1.807, 2.05) is 81.1 Å². The van der Waals surface area contributed by atoms with Gasteiger partial charge in [-0.3, -0.25) is 14.3 Å². The molecule has 6 rings (SSSR count). The van der Waals surface area contributed by atoms with Crippen molar-refractivity contribution in [2.75, 3.05) is 31.1 Å². The summed E-state index contributed by atoms with van der Waals surface area (Å²) in [7, 11) is 0. The fourth-order valence-electron chi connectivity index (χ4n) is 4.83. The molecule has 1 aliphatic heterocycles. The van der Waals surface area contributed by atoms with Gasteiger partial charge in [0.25, 0.3) is 5.91 Å². The molecule has 206 valence electrons. The quantitative estimate of drug-likeness (QED) is 0.207. The average Bonchev–Trinajstić information content (AvgIpc) is 3.45. The van der Waals surface area contributed by atoms with Crippen molar-refractivity contribution >= 4 is 35.0 Å². The lowest BCUT2D eigenvalue weighted by Crippen LogP contribution is -2.49. The summed E-state index contributed by atoms with van der Waals surface area (Å²) in [6.07, 6.45) is 3.45. The van der Waals surface area contributed by atoms with Crippen molar-refractivity contribution in [2.45, 2.75) is 10.9 Å². The maximum absolute atomic E-state index is 14.2. The maximum Gasteiger partial charge on any atom is 0.253 e. The molecule has 1 fully saturated rings. The molecule has 0 bridgehead atoms. The van der Waals surface area contributed by atoms with Crippen LogP contribution in [0.3, 0.4) is 0 Å². The van der Waals surface area contributed by atoms with Crippen molar-refractivity contribution in [2.24, 2.45) is 0 Å². The highest BCUT2D eigenvalue weighted by Gasteiger charge is 2.24. The Morgan fingerprint density at radius 1 is 0.878 bits per heavy atom. The molecule has 0 atom stereocenters. The number of thioether (sulfide) groups is 1. The third-order valence-electron chi connectivity index (χ3n) is 6.97. The molecule has 0 saturated carbocycles. The second kappa shape index (κ2) is 12.1. The summed E-state index contributed by atoms with van der Waals surface area (Å²) in [5.41, 5.74) is 4.05. The molecular formula is C31H26ClFN6OS. The number of amides is 1. The molecule has 3 aromatic carbocycles. The summed E-state index contributed by atoms with van der Waals surface area (Å²) >= 11 is 7.86. The lowest BCUT2D eigenvalue weighted by atomic mass is 10.1. The summed E-state index contributed by atoms with van der Waals surface area (Å²) in [6, 6.07) is 25.8. The van der Waals surface area contributed by atoms with Crippen LogP contribution in [0.2, 0.25) is 5.02 Å². The summed E-state index contributed by atoms with van der Waals surface area (Å²) in [6.45, 7) is 2.28. The van der Waals surface area contributed by atoms with E-state index in [9.17, 15) is 9.18 Å². The number of hydrogen-bond acceptors (Lipinski definition) is 6. The van der Waals surface area contributed by atoms with E-state index >= 15 is 0 Å². The van der Waals surface area contributed by atoms with Crippen molar-refractivity contribution in [3.63, 3.8) is 0 Å². The average molecular weight is 585 g/mol. The molecule has 41 heavy (non-hydrogen) atoms. The van der Waals surface area contributed by atoms with Gasteiger partial charge in [-0.2, -0.15) is 0 Å². The van der Waals surface area contributed by atoms with E-state index in [1.54, 1.807) is 36.3 Å². The van der Waals surface area contributed by atoms with E-state index in [4.69, 9.17) is 11.6 Å². The molecule has 3 heterocycles. The third kappa shape index (κ3) is 5.96. The number of hydrogen-bond donors (Lipinski definition) is 0. The highest BCUT2D eigenvalue weighted by atomic mass is 35.5. The number of aromatic nitrogens is 4. The van der Waals surface area contributed by atoms with Crippen molar-refractivity contribution < 1.29 is 9.18 Å².